The van der Waals surface area contributed by atoms with Gasteiger partial charge in [0.2, 0.25) is 0 Å². The Balaban J connectivity index is 2.12. The SMILES string of the molecule is O=C(c1ccc(Br)cc1)N(CCO)C1CC1. The van der Waals surface area contributed by atoms with Crippen LogP contribution in [0.2, 0.25) is 0 Å². The Kier molecular flexibility index (Phi) is 3.61. The van der Waals surface area contributed by atoms with Gasteiger partial charge in [0.15, 0.2) is 0 Å². The lowest BCUT2D eigenvalue weighted by Crippen LogP contribution is -2.35. The van der Waals surface area contributed by atoms with Gasteiger partial charge in [-0.1, -0.05) is 15.9 Å². The minimum atomic E-state index is 0.0176. The number of nitrogens with zero attached hydrogens (tertiary/aromatic N) is 1. The first-order chi connectivity index (χ1) is 7.72. The van der Waals surface area contributed by atoms with Crippen LogP contribution in [0, 0.1) is 0 Å². The Morgan fingerprint density at radius 2 is 2.00 bits per heavy atom. The lowest BCUT2D eigenvalue weighted by molar-refractivity contribution is 0.0707. The summed E-state index contributed by atoms with van der Waals surface area (Å²) in [6, 6.07) is 7.66. The zero-order valence-corrected chi connectivity index (χ0v) is 10.5. The predicted octanol–water partition coefficient (Wildman–Crippen LogP) is 2.05. The van der Waals surface area contributed by atoms with Gasteiger partial charge in [-0.25, -0.2) is 0 Å². The van der Waals surface area contributed by atoms with Crippen LogP contribution in [0.4, 0.5) is 0 Å². The third-order valence-corrected chi connectivity index (χ3v) is 3.21. The van der Waals surface area contributed by atoms with E-state index in [1.807, 2.05) is 12.1 Å². The van der Waals surface area contributed by atoms with Crippen molar-refractivity contribution in [2.24, 2.45) is 0 Å². The third-order valence-electron chi connectivity index (χ3n) is 2.68. The lowest BCUT2D eigenvalue weighted by atomic mass is 10.2. The summed E-state index contributed by atoms with van der Waals surface area (Å²) in [6.45, 7) is 0.457. The molecule has 0 unspecified atom stereocenters. The monoisotopic (exact) mass is 283 g/mol. The average molecular weight is 284 g/mol. The second-order valence-corrected chi connectivity index (χ2v) is 4.88. The molecule has 1 N–H and O–H groups in total. The Labute approximate surface area is 103 Å². The van der Waals surface area contributed by atoms with Crippen molar-refractivity contribution in [1.29, 1.82) is 0 Å². The largest absolute Gasteiger partial charge is 0.395 e. The zero-order chi connectivity index (χ0) is 11.5. The number of halogens is 1. The van der Waals surface area contributed by atoms with Crippen LogP contribution in [0.15, 0.2) is 28.7 Å². The summed E-state index contributed by atoms with van der Waals surface area (Å²) in [7, 11) is 0. The maximum Gasteiger partial charge on any atom is 0.254 e. The van der Waals surface area contributed by atoms with E-state index in [1.54, 1.807) is 17.0 Å². The van der Waals surface area contributed by atoms with Crippen molar-refractivity contribution in [3.8, 4) is 0 Å². The molecule has 0 radical (unpaired) electrons. The summed E-state index contributed by atoms with van der Waals surface area (Å²) in [5.41, 5.74) is 0.684. The lowest BCUT2D eigenvalue weighted by Gasteiger charge is -2.21. The van der Waals surface area contributed by atoms with Crippen molar-refractivity contribution in [3.63, 3.8) is 0 Å². The highest BCUT2D eigenvalue weighted by atomic mass is 79.9. The van der Waals surface area contributed by atoms with Crippen molar-refractivity contribution in [3.05, 3.63) is 34.3 Å². The summed E-state index contributed by atoms with van der Waals surface area (Å²) in [6.07, 6.45) is 2.12. The van der Waals surface area contributed by atoms with Gasteiger partial charge in [0.1, 0.15) is 0 Å². The molecule has 0 bridgehead atoms. The molecular weight excluding hydrogens is 270 g/mol. The number of carbonyl (C=O) groups excluding carboxylic acids is 1. The van der Waals surface area contributed by atoms with Crippen molar-refractivity contribution in [2.45, 2.75) is 18.9 Å². The van der Waals surface area contributed by atoms with Crippen LogP contribution < -0.4 is 0 Å². The van der Waals surface area contributed by atoms with E-state index in [0.717, 1.165) is 17.3 Å². The maximum absolute atomic E-state index is 12.1. The molecule has 2 rings (SSSR count). The van der Waals surface area contributed by atoms with Crippen molar-refractivity contribution in [2.75, 3.05) is 13.2 Å². The molecule has 16 heavy (non-hydrogen) atoms. The van der Waals surface area contributed by atoms with Crippen LogP contribution in [-0.4, -0.2) is 35.1 Å². The Morgan fingerprint density at radius 3 is 2.50 bits per heavy atom. The van der Waals surface area contributed by atoms with Gasteiger partial charge in [0.25, 0.3) is 5.91 Å². The van der Waals surface area contributed by atoms with Gasteiger partial charge in [-0.05, 0) is 37.1 Å². The van der Waals surface area contributed by atoms with E-state index >= 15 is 0 Å². The van der Waals surface area contributed by atoms with Crippen LogP contribution in [0.1, 0.15) is 23.2 Å². The molecule has 0 spiro atoms. The zero-order valence-electron chi connectivity index (χ0n) is 8.90. The summed E-state index contributed by atoms with van der Waals surface area (Å²) >= 11 is 3.34. The fourth-order valence-electron chi connectivity index (χ4n) is 1.70. The first-order valence-corrected chi connectivity index (χ1v) is 6.19. The highest BCUT2D eigenvalue weighted by Crippen LogP contribution is 2.28. The molecule has 0 aromatic heterocycles. The van der Waals surface area contributed by atoms with Gasteiger partial charge in [-0.2, -0.15) is 0 Å². The van der Waals surface area contributed by atoms with E-state index in [-0.39, 0.29) is 12.5 Å². The second kappa shape index (κ2) is 4.97. The number of carbonyl (C=O) groups is 1. The number of hydrogen-bond acceptors (Lipinski definition) is 2. The van der Waals surface area contributed by atoms with Crippen molar-refractivity contribution >= 4 is 21.8 Å². The average Bonchev–Trinajstić information content (AvgIpc) is 3.10. The van der Waals surface area contributed by atoms with Crippen molar-refractivity contribution in [1.82, 2.24) is 4.90 Å². The molecule has 1 amide bonds. The smallest absolute Gasteiger partial charge is 0.254 e. The summed E-state index contributed by atoms with van der Waals surface area (Å²) < 4.78 is 0.962. The molecule has 0 heterocycles. The standard InChI is InChI=1S/C12H14BrNO2/c13-10-3-1-9(2-4-10)12(16)14(7-8-15)11-5-6-11/h1-4,11,15H,5-8H2. The van der Waals surface area contributed by atoms with Crippen molar-refractivity contribution < 1.29 is 9.90 Å². The molecule has 0 aliphatic heterocycles. The van der Waals surface area contributed by atoms with Crippen LogP contribution in [-0.2, 0) is 0 Å². The Morgan fingerprint density at radius 1 is 1.38 bits per heavy atom. The molecular formula is C12H14BrNO2. The maximum atomic E-state index is 12.1. The third kappa shape index (κ3) is 2.62. The minimum Gasteiger partial charge on any atom is -0.395 e. The second-order valence-electron chi connectivity index (χ2n) is 3.96. The highest BCUT2D eigenvalue weighted by molar-refractivity contribution is 9.10. The fraction of sp³-hybridized carbons (Fsp3) is 0.417. The normalized spacial score (nSPS) is 14.9. The molecule has 86 valence electrons. The van der Waals surface area contributed by atoms with E-state index < -0.39 is 0 Å². The minimum absolute atomic E-state index is 0.0176. The predicted molar refractivity (Wildman–Crippen MR) is 65.3 cm³/mol. The van der Waals surface area contributed by atoms with Crippen LogP contribution in [0.25, 0.3) is 0 Å². The Hall–Kier alpha value is -0.870. The number of rotatable bonds is 4. The summed E-state index contributed by atoms with van der Waals surface area (Å²) in [5.74, 6) is 0.0176. The molecule has 3 nitrogen and oxygen atoms in total. The van der Waals surface area contributed by atoms with E-state index in [9.17, 15) is 4.79 Å². The Bertz CT molecular complexity index is 373. The first-order valence-electron chi connectivity index (χ1n) is 5.40. The summed E-state index contributed by atoms with van der Waals surface area (Å²) in [5, 5.41) is 8.95. The number of amides is 1. The molecule has 1 aromatic carbocycles. The fourth-order valence-corrected chi connectivity index (χ4v) is 1.97. The molecule has 1 aromatic rings. The molecule has 1 fully saturated rings. The van der Waals surface area contributed by atoms with E-state index in [2.05, 4.69) is 15.9 Å². The number of aliphatic hydroxyl groups excluding tert-OH is 1. The number of benzene rings is 1. The first kappa shape index (κ1) is 11.6. The van der Waals surface area contributed by atoms with Gasteiger partial charge in [0.05, 0.1) is 6.61 Å². The number of aliphatic hydroxyl groups is 1. The highest BCUT2D eigenvalue weighted by Gasteiger charge is 2.32. The van der Waals surface area contributed by atoms with Crippen LogP contribution >= 0.6 is 15.9 Å². The molecule has 1 aliphatic carbocycles. The van der Waals surface area contributed by atoms with Gasteiger partial charge >= 0.3 is 0 Å². The van der Waals surface area contributed by atoms with Gasteiger partial charge < -0.3 is 10.0 Å². The molecule has 1 aliphatic rings. The van der Waals surface area contributed by atoms with E-state index in [1.165, 1.54) is 0 Å². The molecule has 0 atom stereocenters. The quantitative estimate of drug-likeness (QED) is 0.919. The van der Waals surface area contributed by atoms with Gasteiger partial charge in [-0.3, -0.25) is 4.79 Å². The van der Waals surface area contributed by atoms with Crippen LogP contribution in [0.3, 0.4) is 0 Å². The molecule has 1 saturated carbocycles. The van der Waals surface area contributed by atoms with E-state index in [4.69, 9.17) is 5.11 Å². The van der Waals surface area contributed by atoms with Gasteiger partial charge in [0, 0.05) is 22.6 Å². The van der Waals surface area contributed by atoms with Crippen LogP contribution in [0.5, 0.6) is 0 Å². The van der Waals surface area contributed by atoms with Gasteiger partial charge in [-0.15, -0.1) is 0 Å². The molecule has 0 saturated heterocycles. The summed E-state index contributed by atoms with van der Waals surface area (Å²) in [4.78, 5) is 13.9. The van der Waals surface area contributed by atoms with E-state index in [0.29, 0.717) is 18.2 Å². The number of hydrogen-bond donors (Lipinski definition) is 1. The molecule has 4 heteroatoms. The topological polar surface area (TPSA) is 40.5 Å².